The summed E-state index contributed by atoms with van der Waals surface area (Å²) in [5.41, 5.74) is -0.755. The molecule has 16 heavy (non-hydrogen) atoms. The highest BCUT2D eigenvalue weighted by Crippen LogP contribution is 2.31. The first-order valence-electron chi connectivity index (χ1n) is 6.03. The predicted molar refractivity (Wildman–Crippen MR) is 62.3 cm³/mol. The maximum absolute atomic E-state index is 11.8. The van der Waals surface area contributed by atoms with Crippen molar-refractivity contribution in [1.29, 1.82) is 0 Å². The van der Waals surface area contributed by atoms with E-state index in [1.807, 2.05) is 27.7 Å². The number of carbonyl (C=O) groups is 1. The van der Waals surface area contributed by atoms with Crippen LogP contribution in [0.1, 0.15) is 47.0 Å². The van der Waals surface area contributed by atoms with Crippen molar-refractivity contribution >= 4 is 6.09 Å². The molecule has 1 amide bonds. The van der Waals surface area contributed by atoms with Gasteiger partial charge in [-0.3, -0.25) is 0 Å². The van der Waals surface area contributed by atoms with Gasteiger partial charge in [-0.25, -0.2) is 4.79 Å². The SMILES string of the molecule is CC(C)N(C(=O)OCC1(O)CCC1)C(C)C. The van der Waals surface area contributed by atoms with Crippen LogP contribution >= 0.6 is 0 Å². The van der Waals surface area contributed by atoms with Crippen molar-refractivity contribution in [2.45, 2.75) is 64.6 Å². The molecule has 0 unspecified atom stereocenters. The minimum atomic E-state index is -0.755. The molecule has 0 radical (unpaired) electrons. The van der Waals surface area contributed by atoms with Crippen LogP contribution in [0.5, 0.6) is 0 Å². The third kappa shape index (κ3) is 3.11. The summed E-state index contributed by atoms with van der Waals surface area (Å²) in [4.78, 5) is 13.5. The molecule has 4 nitrogen and oxygen atoms in total. The molecule has 4 heteroatoms. The Morgan fingerprint density at radius 3 is 2.12 bits per heavy atom. The summed E-state index contributed by atoms with van der Waals surface area (Å²) < 4.78 is 5.17. The molecule has 0 aromatic heterocycles. The second kappa shape index (κ2) is 5.04. The van der Waals surface area contributed by atoms with E-state index in [1.165, 1.54) is 0 Å². The van der Waals surface area contributed by atoms with Crippen LogP contribution in [0, 0.1) is 0 Å². The molecule has 1 N–H and O–H groups in total. The molecule has 0 spiro atoms. The number of nitrogens with zero attached hydrogens (tertiary/aromatic N) is 1. The fourth-order valence-electron chi connectivity index (χ4n) is 2.02. The molecule has 94 valence electrons. The second-order valence-corrected chi connectivity index (χ2v) is 5.23. The molecule has 0 aromatic carbocycles. The van der Waals surface area contributed by atoms with Gasteiger partial charge in [-0.1, -0.05) is 0 Å². The van der Waals surface area contributed by atoms with E-state index in [-0.39, 0.29) is 24.8 Å². The van der Waals surface area contributed by atoms with Crippen molar-refractivity contribution in [1.82, 2.24) is 4.90 Å². The molecule has 1 saturated carbocycles. The van der Waals surface area contributed by atoms with Gasteiger partial charge in [0.2, 0.25) is 0 Å². The zero-order chi connectivity index (χ0) is 12.3. The summed E-state index contributed by atoms with van der Waals surface area (Å²) in [6.07, 6.45) is 2.17. The van der Waals surface area contributed by atoms with Crippen molar-refractivity contribution in [3.8, 4) is 0 Å². The van der Waals surface area contributed by atoms with Gasteiger partial charge < -0.3 is 14.7 Å². The predicted octanol–water partition coefficient (Wildman–Crippen LogP) is 2.16. The summed E-state index contributed by atoms with van der Waals surface area (Å²) in [6, 6.07) is 0.229. The first-order valence-corrected chi connectivity index (χ1v) is 6.03. The lowest BCUT2D eigenvalue weighted by molar-refractivity contribution is -0.0831. The Hall–Kier alpha value is -0.770. The van der Waals surface area contributed by atoms with Crippen LogP contribution in [0.25, 0.3) is 0 Å². The lowest BCUT2D eigenvalue weighted by Crippen LogP contribution is -2.47. The summed E-state index contributed by atoms with van der Waals surface area (Å²) in [5.74, 6) is 0. The van der Waals surface area contributed by atoms with Gasteiger partial charge in [-0.2, -0.15) is 0 Å². The van der Waals surface area contributed by atoms with Crippen LogP contribution in [0.2, 0.25) is 0 Å². The third-order valence-corrected chi connectivity index (χ3v) is 3.07. The molecule has 0 atom stereocenters. The first-order chi connectivity index (χ1) is 7.36. The van der Waals surface area contributed by atoms with Crippen molar-refractivity contribution in [3.63, 3.8) is 0 Å². The Kier molecular flexibility index (Phi) is 4.19. The van der Waals surface area contributed by atoms with Gasteiger partial charge in [0, 0.05) is 12.1 Å². The molecule has 0 aromatic rings. The van der Waals surface area contributed by atoms with E-state index in [4.69, 9.17) is 4.74 Å². The van der Waals surface area contributed by atoms with Crippen LogP contribution in [0.15, 0.2) is 0 Å². The molecular formula is C12H23NO3. The number of carbonyl (C=O) groups excluding carboxylic acids is 1. The van der Waals surface area contributed by atoms with E-state index >= 15 is 0 Å². The lowest BCUT2D eigenvalue weighted by Gasteiger charge is -2.37. The fourth-order valence-corrected chi connectivity index (χ4v) is 2.02. The first kappa shape index (κ1) is 13.3. The van der Waals surface area contributed by atoms with E-state index in [1.54, 1.807) is 4.90 Å². The maximum Gasteiger partial charge on any atom is 0.410 e. The molecule has 1 rings (SSSR count). The number of ether oxygens (including phenoxy) is 1. The maximum atomic E-state index is 11.8. The molecule has 0 aliphatic heterocycles. The Balaban J connectivity index is 2.43. The number of amides is 1. The molecule has 1 aliphatic carbocycles. The van der Waals surface area contributed by atoms with Gasteiger partial charge >= 0.3 is 6.09 Å². The van der Waals surface area contributed by atoms with Crippen molar-refractivity contribution in [2.24, 2.45) is 0 Å². The highest BCUT2D eigenvalue weighted by atomic mass is 16.6. The number of rotatable bonds is 4. The van der Waals surface area contributed by atoms with Gasteiger partial charge in [0.15, 0.2) is 0 Å². The standard InChI is InChI=1S/C12H23NO3/c1-9(2)13(10(3)4)11(14)16-8-12(15)6-5-7-12/h9-10,15H,5-8H2,1-4H3. The van der Waals surface area contributed by atoms with E-state index in [2.05, 4.69) is 0 Å². The van der Waals surface area contributed by atoms with Gasteiger partial charge in [-0.15, -0.1) is 0 Å². The monoisotopic (exact) mass is 229 g/mol. The Morgan fingerprint density at radius 1 is 1.31 bits per heavy atom. The average Bonchev–Trinajstić information content (AvgIpc) is 2.10. The largest absolute Gasteiger partial charge is 0.446 e. The number of hydrogen-bond donors (Lipinski definition) is 1. The van der Waals surface area contributed by atoms with Crippen LogP contribution in [0.4, 0.5) is 4.79 Å². The van der Waals surface area contributed by atoms with E-state index in [9.17, 15) is 9.90 Å². The zero-order valence-corrected chi connectivity index (χ0v) is 10.7. The van der Waals surface area contributed by atoms with E-state index < -0.39 is 5.60 Å². The van der Waals surface area contributed by atoms with E-state index in [0.717, 1.165) is 19.3 Å². The molecule has 0 heterocycles. The smallest absolute Gasteiger partial charge is 0.410 e. The fraction of sp³-hybridized carbons (Fsp3) is 0.917. The van der Waals surface area contributed by atoms with Crippen LogP contribution < -0.4 is 0 Å². The average molecular weight is 229 g/mol. The third-order valence-electron chi connectivity index (χ3n) is 3.07. The summed E-state index contributed by atoms with van der Waals surface area (Å²) >= 11 is 0. The van der Waals surface area contributed by atoms with Crippen LogP contribution in [-0.2, 0) is 4.74 Å². The molecule has 1 aliphatic rings. The number of hydrogen-bond acceptors (Lipinski definition) is 3. The lowest BCUT2D eigenvalue weighted by atomic mass is 9.81. The topological polar surface area (TPSA) is 49.8 Å². The minimum Gasteiger partial charge on any atom is -0.446 e. The van der Waals surface area contributed by atoms with Crippen molar-refractivity contribution < 1.29 is 14.6 Å². The minimum absolute atomic E-state index is 0.114. The van der Waals surface area contributed by atoms with Crippen LogP contribution in [0.3, 0.4) is 0 Å². The molecule has 1 fully saturated rings. The second-order valence-electron chi connectivity index (χ2n) is 5.23. The normalized spacial score (nSPS) is 18.4. The van der Waals surface area contributed by atoms with Gasteiger partial charge in [-0.05, 0) is 47.0 Å². The van der Waals surface area contributed by atoms with Crippen molar-refractivity contribution in [2.75, 3.05) is 6.61 Å². The Bertz CT molecular complexity index is 239. The van der Waals surface area contributed by atoms with Crippen molar-refractivity contribution in [3.05, 3.63) is 0 Å². The van der Waals surface area contributed by atoms with Crippen LogP contribution in [-0.4, -0.2) is 40.4 Å². The van der Waals surface area contributed by atoms with E-state index in [0.29, 0.717) is 0 Å². The van der Waals surface area contributed by atoms with Gasteiger partial charge in [0.1, 0.15) is 6.61 Å². The summed E-state index contributed by atoms with van der Waals surface area (Å²) in [6.45, 7) is 7.96. The molecular weight excluding hydrogens is 206 g/mol. The molecule has 0 bridgehead atoms. The summed E-state index contributed by atoms with van der Waals surface area (Å²) in [5, 5.41) is 9.82. The number of aliphatic hydroxyl groups is 1. The quantitative estimate of drug-likeness (QED) is 0.803. The zero-order valence-electron chi connectivity index (χ0n) is 10.7. The highest BCUT2D eigenvalue weighted by molar-refractivity contribution is 5.68. The molecule has 0 saturated heterocycles. The Morgan fingerprint density at radius 2 is 1.81 bits per heavy atom. The highest BCUT2D eigenvalue weighted by Gasteiger charge is 2.36. The van der Waals surface area contributed by atoms with Gasteiger partial charge in [0.25, 0.3) is 0 Å². The Labute approximate surface area is 97.6 Å². The van der Waals surface area contributed by atoms with Gasteiger partial charge in [0.05, 0.1) is 5.60 Å². The summed E-state index contributed by atoms with van der Waals surface area (Å²) in [7, 11) is 0.